The zero-order valence-electron chi connectivity index (χ0n) is 12.2. The molecule has 98 valence electrons. The second-order valence-corrected chi connectivity index (χ2v) is 5.21. The molecule has 0 aromatic heterocycles. The van der Waals surface area contributed by atoms with E-state index in [1.54, 1.807) is 0 Å². The van der Waals surface area contributed by atoms with Gasteiger partial charge in [-0.15, -0.1) is 5.92 Å². The van der Waals surface area contributed by atoms with Crippen molar-refractivity contribution in [2.75, 3.05) is 6.61 Å². The molecule has 0 fully saturated rings. The lowest BCUT2D eigenvalue weighted by Crippen LogP contribution is -2.10. The van der Waals surface area contributed by atoms with E-state index in [0.717, 1.165) is 12.4 Å². The smallest absolute Gasteiger partial charge is 0.122 e. The van der Waals surface area contributed by atoms with Gasteiger partial charge in [0.25, 0.3) is 0 Å². The summed E-state index contributed by atoms with van der Waals surface area (Å²) in [6, 6.07) is 8.30. The van der Waals surface area contributed by atoms with Crippen LogP contribution in [0.1, 0.15) is 46.1 Å². The van der Waals surface area contributed by atoms with Gasteiger partial charge >= 0.3 is 0 Å². The van der Waals surface area contributed by atoms with Crippen molar-refractivity contribution in [2.24, 2.45) is 11.8 Å². The number of rotatable bonds is 5. The fourth-order valence-corrected chi connectivity index (χ4v) is 1.87. The Balaban J connectivity index is 2.89. The molecule has 0 saturated carbocycles. The van der Waals surface area contributed by atoms with Crippen LogP contribution >= 0.6 is 0 Å². The fourth-order valence-electron chi connectivity index (χ4n) is 1.87. The van der Waals surface area contributed by atoms with E-state index in [2.05, 4.69) is 57.7 Å². The quantitative estimate of drug-likeness (QED) is 0.694. The van der Waals surface area contributed by atoms with Gasteiger partial charge < -0.3 is 4.74 Å². The molecule has 2 unspecified atom stereocenters. The maximum atomic E-state index is 5.90. The van der Waals surface area contributed by atoms with Gasteiger partial charge in [-0.25, -0.2) is 0 Å². The average Bonchev–Trinajstić information content (AvgIpc) is 2.36. The molecule has 0 radical (unpaired) electrons. The van der Waals surface area contributed by atoms with Crippen molar-refractivity contribution in [2.45, 2.75) is 40.5 Å². The Morgan fingerprint density at radius 3 is 2.39 bits per heavy atom. The largest absolute Gasteiger partial charge is 0.493 e. The lowest BCUT2D eigenvalue weighted by Gasteiger charge is -2.20. The predicted octanol–water partition coefficient (Wildman–Crippen LogP) is 4.48. The van der Waals surface area contributed by atoms with E-state index in [9.17, 15) is 0 Å². The Hall–Kier alpha value is -1.42. The van der Waals surface area contributed by atoms with Crippen molar-refractivity contribution < 1.29 is 4.74 Å². The molecule has 0 aliphatic carbocycles. The van der Waals surface area contributed by atoms with Crippen LogP contribution < -0.4 is 4.74 Å². The zero-order chi connectivity index (χ0) is 13.5. The summed E-state index contributed by atoms with van der Waals surface area (Å²) in [5.41, 5.74) is 1.26. The van der Waals surface area contributed by atoms with Crippen molar-refractivity contribution in [3.05, 3.63) is 29.8 Å². The molecule has 0 spiro atoms. The number of hydrogen-bond acceptors (Lipinski definition) is 1. The highest BCUT2D eigenvalue weighted by Gasteiger charge is 2.16. The van der Waals surface area contributed by atoms with E-state index in [0.29, 0.717) is 17.8 Å². The Morgan fingerprint density at radius 2 is 1.78 bits per heavy atom. The molecule has 2 atom stereocenters. The summed E-state index contributed by atoms with van der Waals surface area (Å²) in [5.74, 6) is 8.51. The maximum Gasteiger partial charge on any atom is 0.122 e. The van der Waals surface area contributed by atoms with Crippen LogP contribution in [-0.2, 0) is 0 Å². The molecule has 0 bridgehead atoms. The summed E-state index contributed by atoms with van der Waals surface area (Å²) in [5, 5.41) is 0. The van der Waals surface area contributed by atoms with E-state index in [1.807, 2.05) is 13.0 Å². The van der Waals surface area contributed by atoms with Crippen molar-refractivity contribution in [3.63, 3.8) is 0 Å². The van der Waals surface area contributed by atoms with Crippen molar-refractivity contribution in [1.82, 2.24) is 0 Å². The van der Waals surface area contributed by atoms with Crippen LogP contribution in [0.15, 0.2) is 24.3 Å². The molecule has 0 N–H and O–H groups in total. The second kappa shape index (κ2) is 7.11. The summed E-state index contributed by atoms with van der Waals surface area (Å²) >= 11 is 0. The maximum absolute atomic E-state index is 5.90. The minimum absolute atomic E-state index is 0.346. The average molecular weight is 244 g/mol. The fraction of sp³-hybridized carbons (Fsp3) is 0.529. The van der Waals surface area contributed by atoms with Gasteiger partial charge in [0.15, 0.2) is 0 Å². The Labute approximate surface area is 112 Å². The number of benzene rings is 1. The Kier molecular flexibility index (Phi) is 5.78. The van der Waals surface area contributed by atoms with Crippen molar-refractivity contribution in [3.8, 4) is 17.6 Å². The third kappa shape index (κ3) is 4.11. The third-order valence-electron chi connectivity index (χ3n) is 3.10. The molecule has 1 aromatic rings. The summed E-state index contributed by atoms with van der Waals surface area (Å²) in [4.78, 5) is 0. The first kappa shape index (κ1) is 14.6. The molecule has 0 heterocycles. The Bertz CT molecular complexity index is 423. The monoisotopic (exact) mass is 244 g/mol. The highest BCUT2D eigenvalue weighted by molar-refractivity contribution is 5.37. The molecule has 18 heavy (non-hydrogen) atoms. The summed E-state index contributed by atoms with van der Waals surface area (Å²) in [6.45, 7) is 11.4. The van der Waals surface area contributed by atoms with E-state index in [1.165, 1.54) is 5.56 Å². The molecule has 1 aromatic carbocycles. The van der Waals surface area contributed by atoms with Gasteiger partial charge in [-0.2, -0.15) is 0 Å². The normalized spacial score (nSPS) is 13.7. The van der Waals surface area contributed by atoms with Crippen LogP contribution in [0.25, 0.3) is 0 Å². The lowest BCUT2D eigenvalue weighted by molar-refractivity contribution is 0.266. The molecular formula is C17H24O. The minimum Gasteiger partial charge on any atom is -0.493 e. The number of para-hydroxylation sites is 1. The molecule has 0 aliphatic rings. The summed E-state index contributed by atoms with van der Waals surface area (Å²) in [7, 11) is 0. The van der Waals surface area contributed by atoms with Gasteiger partial charge in [0, 0.05) is 5.92 Å². The van der Waals surface area contributed by atoms with Crippen molar-refractivity contribution in [1.29, 1.82) is 0 Å². The van der Waals surface area contributed by atoms with Gasteiger partial charge in [0.05, 0.1) is 6.61 Å². The van der Waals surface area contributed by atoms with Crippen LogP contribution in [0.3, 0.4) is 0 Å². The first-order chi connectivity index (χ1) is 8.56. The topological polar surface area (TPSA) is 9.23 Å². The predicted molar refractivity (Wildman–Crippen MR) is 77.8 cm³/mol. The molecular weight excluding hydrogens is 220 g/mol. The highest BCUT2D eigenvalue weighted by Crippen LogP contribution is 2.31. The third-order valence-corrected chi connectivity index (χ3v) is 3.10. The van der Waals surface area contributed by atoms with Gasteiger partial charge in [-0.05, 0) is 30.4 Å². The highest BCUT2D eigenvalue weighted by atomic mass is 16.5. The molecule has 1 nitrogen and oxygen atoms in total. The van der Waals surface area contributed by atoms with Gasteiger partial charge in [0.2, 0.25) is 0 Å². The Morgan fingerprint density at radius 1 is 1.11 bits per heavy atom. The summed E-state index contributed by atoms with van der Waals surface area (Å²) < 4.78 is 5.90. The SMILES string of the molecule is CC#CC(C)C(C)c1ccccc1OCC(C)C. The van der Waals surface area contributed by atoms with Crippen LogP contribution in [0.4, 0.5) is 0 Å². The van der Waals surface area contributed by atoms with E-state index >= 15 is 0 Å². The lowest BCUT2D eigenvalue weighted by atomic mass is 9.89. The minimum atomic E-state index is 0.346. The van der Waals surface area contributed by atoms with Gasteiger partial charge in [-0.1, -0.05) is 51.8 Å². The molecule has 1 rings (SSSR count). The number of ether oxygens (including phenoxy) is 1. The first-order valence-electron chi connectivity index (χ1n) is 6.70. The van der Waals surface area contributed by atoms with Gasteiger partial charge in [-0.3, -0.25) is 0 Å². The van der Waals surface area contributed by atoms with E-state index in [-0.39, 0.29) is 0 Å². The molecule has 0 saturated heterocycles. The van der Waals surface area contributed by atoms with E-state index < -0.39 is 0 Å². The van der Waals surface area contributed by atoms with Crippen LogP contribution in [0.5, 0.6) is 5.75 Å². The van der Waals surface area contributed by atoms with Crippen LogP contribution in [0.2, 0.25) is 0 Å². The van der Waals surface area contributed by atoms with Crippen LogP contribution in [-0.4, -0.2) is 6.61 Å². The van der Waals surface area contributed by atoms with Crippen molar-refractivity contribution >= 4 is 0 Å². The van der Waals surface area contributed by atoms with Gasteiger partial charge in [0.1, 0.15) is 5.75 Å². The molecule has 1 heteroatoms. The zero-order valence-corrected chi connectivity index (χ0v) is 12.2. The second-order valence-electron chi connectivity index (χ2n) is 5.21. The number of hydrogen-bond donors (Lipinski definition) is 0. The first-order valence-corrected chi connectivity index (χ1v) is 6.70. The van der Waals surface area contributed by atoms with E-state index in [4.69, 9.17) is 4.74 Å². The summed E-state index contributed by atoms with van der Waals surface area (Å²) in [6.07, 6.45) is 0. The van der Waals surface area contributed by atoms with Crippen LogP contribution in [0, 0.1) is 23.7 Å². The molecule has 0 aliphatic heterocycles. The molecule has 0 amide bonds. The standard InChI is InChI=1S/C17H24O/c1-6-9-14(4)15(5)16-10-7-8-11-17(16)18-12-13(2)3/h7-8,10-11,13-15H,12H2,1-5H3.